The van der Waals surface area contributed by atoms with Gasteiger partial charge in [0.15, 0.2) is 9.84 Å². The van der Waals surface area contributed by atoms with Crippen LogP contribution in [0.25, 0.3) is 0 Å². The molecule has 1 aromatic rings. The average molecular weight is 284 g/mol. The maximum Gasteiger partial charge on any atom is 0.151 e. The van der Waals surface area contributed by atoms with Gasteiger partial charge in [0.25, 0.3) is 0 Å². The summed E-state index contributed by atoms with van der Waals surface area (Å²) in [6.07, 6.45) is 5.44. The van der Waals surface area contributed by atoms with E-state index in [9.17, 15) is 13.5 Å². The highest BCUT2D eigenvalue weighted by Crippen LogP contribution is 2.31. The Morgan fingerprint density at radius 1 is 1.42 bits per heavy atom. The molecule has 1 fully saturated rings. The molecule has 2 aliphatic heterocycles. The average Bonchev–Trinajstić information content (AvgIpc) is 2.80. The van der Waals surface area contributed by atoms with E-state index in [1.165, 1.54) is 5.69 Å². The van der Waals surface area contributed by atoms with Crippen LogP contribution in [0.15, 0.2) is 6.20 Å². The normalized spacial score (nSPS) is 29.9. The second-order valence-electron chi connectivity index (χ2n) is 5.76. The lowest BCUT2D eigenvalue weighted by molar-refractivity contribution is 0.189. The molecule has 0 saturated carbocycles. The van der Waals surface area contributed by atoms with Gasteiger partial charge in [0.05, 0.1) is 11.5 Å². The van der Waals surface area contributed by atoms with Crippen LogP contribution in [0.1, 0.15) is 36.7 Å². The Kier molecular flexibility index (Phi) is 3.39. The molecule has 3 rings (SSSR count). The van der Waals surface area contributed by atoms with E-state index >= 15 is 0 Å². The molecule has 0 aromatic carbocycles. The Bertz CT molecular complexity index is 564. The van der Waals surface area contributed by atoms with Crippen molar-refractivity contribution >= 4 is 9.84 Å². The van der Waals surface area contributed by atoms with Gasteiger partial charge in [-0.15, -0.1) is 0 Å². The zero-order valence-electron chi connectivity index (χ0n) is 11.0. The number of hydrogen-bond donors (Lipinski definition) is 1. The number of sulfone groups is 1. The van der Waals surface area contributed by atoms with E-state index in [4.69, 9.17) is 0 Å². The summed E-state index contributed by atoms with van der Waals surface area (Å²) in [6.45, 7) is 0.970. The first-order chi connectivity index (χ1) is 9.09. The zero-order valence-corrected chi connectivity index (χ0v) is 11.8. The number of fused-ring (bicyclic) bond motifs is 1. The minimum absolute atomic E-state index is 0.0324. The molecule has 0 amide bonds. The molecule has 106 valence electrons. The van der Waals surface area contributed by atoms with Gasteiger partial charge in [0, 0.05) is 36.9 Å². The number of aliphatic hydroxyl groups excluding tert-OH is 1. The lowest BCUT2D eigenvalue weighted by atomic mass is 9.98. The third kappa shape index (κ3) is 2.56. The fourth-order valence-electron chi connectivity index (χ4n) is 3.24. The molecule has 5 nitrogen and oxygen atoms in total. The maximum absolute atomic E-state index is 11.8. The predicted octanol–water partition coefficient (Wildman–Crippen LogP) is 0.730. The van der Waals surface area contributed by atoms with Crippen LogP contribution >= 0.6 is 0 Å². The van der Waals surface area contributed by atoms with Gasteiger partial charge in [-0.1, -0.05) is 0 Å². The van der Waals surface area contributed by atoms with Crippen LogP contribution in [0.3, 0.4) is 0 Å². The van der Waals surface area contributed by atoms with Crippen LogP contribution in [0.4, 0.5) is 0 Å². The topological polar surface area (TPSA) is 72.2 Å². The minimum atomic E-state index is -2.91. The van der Waals surface area contributed by atoms with Gasteiger partial charge in [-0.25, -0.2) is 13.4 Å². The molecule has 19 heavy (non-hydrogen) atoms. The first kappa shape index (κ1) is 13.1. The number of hydrogen-bond acceptors (Lipinski definition) is 4. The summed E-state index contributed by atoms with van der Waals surface area (Å²) in [5.41, 5.74) is 1.18. The molecule has 1 saturated heterocycles. The van der Waals surface area contributed by atoms with E-state index in [1.54, 1.807) is 0 Å². The standard InChI is InChI=1S/C13H20N2O3S/c16-8-10-3-4-12-6-14-13(15(12)7-10)11-2-1-5-19(17,18)9-11/h6,10-11,16H,1-5,7-9H2. The van der Waals surface area contributed by atoms with Crippen LogP contribution in [-0.4, -0.2) is 41.2 Å². The highest BCUT2D eigenvalue weighted by atomic mass is 32.2. The fraction of sp³-hybridized carbons (Fsp3) is 0.769. The molecule has 1 N–H and O–H groups in total. The van der Waals surface area contributed by atoms with Crippen LogP contribution in [0.2, 0.25) is 0 Å². The summed E-state index contributed by atoms with van der Waals surface area (Å²) in [4.78, 5) is 4.47. The summed E-state index contributed by atoms with van der Waals surface area (Å²) < 4.78 is 25.7. The molecule has 0 spiro atoms. The Labute approximate surface area is 113 Å². The number of aliphatic hydroxyl groups is 1. The predicted molar refractivity (Wildman–Crippen MR) is 71.8 cm³/mol. The van der Waals surface area contributed by atoms with Crippen molar-refractivity contribution in [1.29, 1.82) is 0 Å². The molecular weight excluding hydrogens is 264 g/mol. The van der Waals surface area contributed by atoms with Crippen LogP contribution in [0.5, 0.6) is 0 Å². The fourth-order valence-corrected chi connectivity index (χ4v) is 4.94. The first-order valence-electron chi connectivity index (χ1n) is 6.94. The second-order valence-corrected chi connectivity index (χ2v) is 7.99. The number of aryl methyl sites for hydroxylation is 1. The van der Waals surface area contributed by atoms with Crippen molar-refractivity contribution in [2.24, 2.45) is 5.92 Å². The molecule has 2 atom stereocenters. The lowest BCUT2D eigenvalue weighted by Gasteiger charge is -2.27. The molecule has 0 aliphatic carbocycles. The van der Waals surface area contributed by atoms with Gasteiger partial charge in [0.1, 0.15) is 5.82 Å². The van der Waals surface area contributed by atoms with Crippen molar-refractivity contribution in [3.8, 4) is 0 Å². The van der Waals surface area contributed by atoms with Crippen molar-refractivity contribution in [3.63, 3.8) is 0 Å². The maximum atomic E-state index is 11.8. The van der Waals surface area contributed by atoms with Gasteiger partial charge < -0.3 is 9.67 Å². The molecular formula is C13H20N2O3S. The first-order valence-corrected chi connectivity index (χ1v) is 8.77. The third-order valence-corrected chi connectivity index (χ3v) is 6.13. The van der Waals surface area contributed by atoms with E-state index < -0.39 is 9.84 Å². The molecule has 2 unspecified atom stereocenters. The molecule has 3 heterocycles. The molecule has 2 aliphatic rings. The summed E-state index contributed by atoms with van der Waals surface area (Å²) >= 11 is 0. The molecule has 0 radical (unpaired) electrons. The van der Waals surface area contributed by atoms with Crippen molar-refractivity contribution in [3.05, 3.63) is 17.7 Å². The van der Waals surface area contributed by atoms with Gasteiger partial charge in [-0.3, -0.25) is 0 Å². The van der Waals surface area contributed by atoms with Gasteiger partial charge in [-0.05, 0) is 25.7 Å². The van der Waals surface area contributed by atoms with Gasteiger partial charge in [-0.2, -0.15) is 0 Å². The van der Waals surface area contributed by atoms with E-state index in [-0.39, 0.29) is 24.2 Å². The number of nitrogens with zero attached hydrogens (tertiary/aromatic N) is 2. The smallest absolute Gasteiger partial charge is 0.151 e. The zero-order chi connectivity index (χ0) is 13.5. The molecule has 6 heteroatoms. The van der Waals surface area contributed by atoms with Crippen molar-refractivity contribution in [1.82, 2.24) is 9.55 Å². The van der Waals surface area contributed by atoms with Gasteiger partial charge >= 0.3 is 0 Å². The largest absolute Gasteiger partial charge is 0.396 e. The Morgan fingerprint density at radius 3 is 3.00 bits per heavy atom. The van der Waals surface area contributed by atoms with Crippen LogP contribution in [0, 0.1) is 5.92 Å². The number of aromatic nitrogens is 2. The second kappa shape index (κ2) is 4.90. The van der Waals surface area contributed by atoms with Crippen molar-refractivity contribution in [2.45, 2.75) is 38.1 Å². The van der Waals surface area contributed by atoms with Crippen molar-refractivity contribution < 1.29 is 13.5 Å². The molecule has 1 aromatic heterocycles. The molecule has 0 bridgehead atoms. The van der Waals surface area contributed by atoms with E-state index in [0.29, 0.717) is 5.75 Å². The summed E-state index contributed by atoms with van der Waals surface area (Å²) in [5, 5.41) is 9.31. The monoisotopic (exact) mass is 284 g/mol. The minimum Gasteiger partial charge on any atom is -0.396 e. The SMILES string of the molecule is O=S1(=O)CCCC(c2ncc3n2CC(CO)CC3)C1. The van der Waals surface area contributed by atoms with Crippen LogP contribution < -0.4 is 0 Å². The highest BCUT2D eigenvalue weighted by molar-refractivity contribution is 7.91. The third-order valence-electron chi connectivity index (χ3n) is 4.30. The Morgan fingerprint density at radius 2 is 2.26 bits per heavy atom. The number of rotatable bonds is 2. The van der Waals surface area contributed by atoms with Crippen molar-refractivity contribution in [2.75, 3.05) is 18.1 Å². The highest BCUT2D eigenvalue weighted by Gasteiger charge is 2.31. The summed E-state index contributed by atoms with van der Waals surface area (Å²) in [5.74, 6) is 1.77. The van der Waals surface area contributed by atoms with Gasteiger partial charge in [0.2, 0.25) is 0 Å². The number of imidazole rings is 1. The quantitative estimate of drug-likeness (QED) is 0.869. The Hall–Kier alpha value is -0.880. The van der Waals surface area contributed by atoms with E-state index in [2.05, 4.69) is 9.55 Å². The van der Waals surface area contributed by atoms with Crippen LogP contribution in [-0.2, 0) is 22.8 Å². The van der Waals surface area contributed by atoms with E-state index in [1.807, 2.05) is 6.20 Å². The summed E-state index contributed by atoms with van der Waals surface area (Å²) in [6, 6.07) is 0. The lowest BCUT2D eigenvalue weighted by Crippen LogP contribution is -2.29. The van der Waals surface area contributed by atoms with E-state index in [0.717, 1.165) is 38.1 Å². The summed E-state index contributed by atoms with van der Waals surface area (Å²) in [7, 11) is -2.91. The Balaban J connectivity index is 1.88.